The molecule has 2 atom stereocenters. The standard InChI is InChI=1S/C20H29N3O4/c1-14(8-9-16-6-4-3-5-7-16)22-18(24)15(2)27-19(25)17-10-12-23(13-11-17)20(21)26/h3-7,14-15,17H,8-13H2,1-2H3,(H2,21,26)(H,22,24)/t14-,15-/m0/s1. The zero-order chi connectivity index (χ0) is 19.8. The van der Waals surface area contributed by atoms with Crippen molar-refractivity contribution in [3.05, 3.63) is 35.9 Å². The van der Waals surface area contributed by atoms with Crippen molar-refractivity contribution < 1.29 is 19.1 Å². The fourth-order valence-electron chi connectivity index (χ4n) is 3.12. The second-order valence-electron chi connectivity index (χ2n) is 7.11. The third-order valence-corrected chi connectivity index (χ3v) is 4.90. The van der Waals surface area contributed by atoms with E-state index in [4.69, 9.17) is 10.5 Å². The summed E-state index contributed by atoms with van der Waals surface area (Å²) in [4.78, 5) is 37.1. The van der Waals surface area contributed by atoms with Crippen LogP contribution >= 0.6 is 0 Å². The summed E-state index contributed by atoms with van der Waals surface area (Å²) in [5, 5.41) is 2.89. The number of nitrogens with zero attached hydrogens (tertiary/aromatic N) is 1. The smallest absolute Gasteiger partial charge is 0.314 e. The highest BCUT2D eigenvalue weighted by atomic mass is 16.5. The van der Waals surface area contributed by atoms with Gasteiger partial charge in [-0.15, -0.1) is 0 Å². The Labute approximate surface area is 160 Å². The molecule has 1 aromatic rings. The van der Waals surface area contributed by atoms with E-state index in [1.165, 1.54) is 10.5 Å². The number of piperidine rings is 1. The summed E-state index contributed by atoms with van der Waals surface area (Å²) in [7, 11) is 0. The first-order valence-corrected chi connectivity index (χ1v) is 9.46. The number of likely N-dealkylation sites (tertiary alicyclic amines) is 1. The van der Waals surface area contributed by atoms with Gasteiger partial charge in [-0.1, -0.05) is 30.3 Å². The van der Waals surface area contributed by atoms with E-state index in [2.05, 4.69) is 17.4 Å². The topological polar surface area (TPSA) is 102 Å². The van der Waals surface area contributed by atoms with Gasteiger partial charge in [0.25, 0.3) is 5.91 Å². The van der Waals surface area contributed by atoms with Gasteiger partial charge in [-0.3, -0.25) is 9.59 Å². The van der Waals surface area contributed by atoms with Crippen molar-refractivity contribution in [2.45, 2.75) is 51.7 Å². The molecule has 0 unspecified atom stereocenters. The molecule has 1 fully saturated rings. The van der Waals surface area contributed by atoms with Gasteiger partial charge in [-0.2, -0.15) is 0 Å². The highest BCUT2D eigenvalue weighted by Crippen LogP contribution is 2.19. The van der Waals surface area contributed by atoms with Crippen LogP contribution in [-0.2, 0) is 20.7 Å². The molecule has 0 aromatic heterocycles. The van der Waals surface area contributed by atoms with E-state index in [0.29, 0.717) is 25.9 Å². The molecule has 148 valence electrons. The Morgan fingerprint density at radius 1 is 1.19 bits per heavy atom. The summed E-state index contributed by atoms with van der Waals surface area (Å²) in [6, 6.07) is 9.59. The predicted octanol–water partition coefficient (Wildman–Crippen LogP) is 1.85. The molecule has 1 aliphatic heterocycles. The maximum Gasteiger partial charge on any atom is 0.314 e. The normalized spacial score (nSPS) is 17.0. The largest absolute Gasteiger partial charge is 0.452 e. The van der Waals surface area contributed by atoms with Gasteiger partial charge in [0.05, 0.1) is 5.92 Å². The quantitative estimate of drug-likeness (QED) is 0.710. The number of nitrogens with two attached hydrogens (primary N) is 1. The van der Waals surface area contributed by atoms with E-state index in [1.54, 1.807) is 6.92 Å². The predicted molar refractivity (Wildman–Crippen MR) is 102 cm³/mol. The lowest BCUT2D eigenvalue weighted by Gasteiger charge is -2.30. The highest BCUT2D eigenvalue weighted by molar-refractivity contribution is 5.84. The van der Waals surface area contributed by atoms with Gasteiger partial charge in [0.1, 0.15) is 0 Å². The zero-order valence-corrected chi connectivity index (χ0v) is 16.0. The van der Waals surface area contributed by atoms with Crippen LogP contribution in [0.25, 0.3) is 0 Å². The Kier molecular flexibility index (Phi) is 7.64. The van der Waals surface area contributed by atoms with Crippen LogP contribution in [0.4, 0.5) is 4.79 Å². The fraction of sp³-hybridized carbons (Fsp3) is 0.550. The summed E-state index contributed by atoms with van der Waals surface area (Å²) in [5.41, 5.74) is 6.46. The first kappa shape index (κ1) is 20.7. The van der Waals surface area contributed by atoms with E-state index >= 15 is 0 Å². The van der Waals surface area contributed by atoms with Gasteiger partial charge in [0.2, 0.25) is 0 Å². The Bertz CT molecular complexity index is 642. The number of carbonyl (C=O) groups excluding carboxylic acids is 3. The van der Waals surface area contributed by atoms with Gasteiger partial charge in [0.15, 0.2) is 6.10 Å². The van der Waals surface area contributed by atoms with Crippen LogP contribution in [0.5, 0.6) is 0 Å². The maximum absolute atomic E-state index is 12.3. The third-order valence-electron chi connectivity index (χ3n) is 4.90. The summed E-state index contributed by atoms with van der Waals surface area (Å²) in [6.45, 7) is 4.39. The number of aryl methyl sites for hydroxylation is 1. The van der Waals surface area contributed by atoms with Gasteiger partial charge in [0, 0.05) is 19.1 Å². The second-order valence-corrected chi connectivity index (χ2v) is 7.11. The van der Waals surface area contributed by atoms with E-state index in [-0.39, 0.29) is 17.9 Å². The highest BCUT2D eigenvalue weighted by Gasteiger charge is 2.30. The number of esters is 1. The first-order chi connectivity index (χ1) is 12.9. The molecule has 1 saturated heterocycles. The van der Waals surface area contributed by atoms with Gasteiger partial charge < -0.3 is 20.7 Å². The maximum atomic E-state index is 12.3. The molecule has 7 heteroatoms. The zero-order valence-electron chi connectivity index (χ0n) is 16.0. The number of urea groups is 1. The molecule has 27 heavy (non-hydrogen) atoms. The van der Waals surface area contributed by atoms with Crippen molar-refractivity contribution in [3.8, 4) is 0 Å². The number of hydrogen-bond donors (Lipinski definition) is 2. The molecule has 0 saturated carbocycles. The SMILES string of the molecule is C[C@H](OC(=O)C1CCN(C(N)=O)CC1)C(=O)N[C@@H](C)CCc1ccccc1. The molecule has 1 aliphatic rings. The minimum absolute atomic E-state index is 0.0161. The van der Waals surface area contributed by atoms with Crippen molar-refractivity contribution >= 4 is 17.9 Å². The van der Waals surface area contributed by atoms with Crippen molar-refractivity contribution in [2.75, 3.05) is 13.1 Å². The number of amides is 3. The van der Waals surface area contributed by atoms with Crippen LogP contribution in [0.1, 0.15) is 38.7 Å². The lowest BCUT2D eigenvalue weighted by Crippen LogP contribution is -2.45. The lowest BCUT2D eigenvalue weighted by atomic mass is 9.97. The number of ether oxygens (including phenoxy) is 1. The summed E-state index contributed by atoms with van der Waals surface area (Å²) in [5.74, 6) is -0.983. The van der Waals surface area contributed by atoms with Crippen LogP contribution in [0.15, 0.2) is 30.3 Å². The molecule has 0 bridgehead atoms. The second kappa shape index (κ2) is 9.94. The van der Waals surface area contributed by atoms with E-state index in [1.807, 2.05) is 25.1 Å². The Morgan fingerprint density at radius 3 is 2.41 bits per heavy atom. The van der Waals surface area contributed by atoms with Crippen LogP contribution in [-0.4, -0.2) is 48.0 Å². The van der Waals surface area contributed by atoms with E-state index < -0.39 is 18.1 Å². The first-order valence-electron chi connectivity index (χ1n) is 9.46. The number of hydrogen-bond acceptors (Lipinski definition) is 4. The van der Waals surface area contributed by atoms with Crippen LogP contribution in [0.3, 0.4) is 0 Å². The molecule has 1 aromatic carbocycles. The minimum atomic E-state index is -0.842. The molecule has 2 rings (SSSR count). The van der Waals surface area contributed by atoms with Crippen molar-refractivity contribution in [2.24, 2.45) is 11.7 Å². The average Bonchev–Trinajstić information content (AvgIpc) is 2.67. The minimum Gasteiger partial charge on any atom is -0.452 e. The number of nitrogens with one attached hydrogen (secondary N) is 1. The molecule has 7 nitrogen and oxygen atoms in total. The Hall–Kier alpha value is -2.57. The molecular formula is C20H29N3O4. The Morgan fingerprint density at radius 2 is 1.81 bits per heavy atom. The number of rotatable bonds is 7. The lowest BCUT2D eigenvalue weighted by molar-refractivity contribution is -0.160. The van der Waals surface area contributed by atoms with Gasteiger partial charge >= 0.3 is 12.0 Å². The molecule has 3 N–H and O–H groups in total. The van der Waals surface area contributed by atoms with E-state index in [9.17, 15) is 14.4 Å². The van der Waals surface area contributed by atoms with E-state index in [0.717, 1.165) is 12.8 Å². The molecule has 1 heterocycles. The molecule has 0 radical (unpaired) electrons. The summed E-state index contributed by atoms with van der Waals surface area (Å²) in [6.07, 6.45) is 1.84. The summed E-state index contributed by atoms with van der Waals surface area (Å²) < 4.78 is 5.33. The average molecular weight is 375 g/mol. The van der Waals surface area contributed by atoms with Crippen molar-refractivity contribution in [1.29, 1.82) is 0 Å². The van der Waals surface area contributed by atoms with Gasteiger partial charge in [-0.25, -0.2) is 4.79 Å². The Balaban J connectivity index is 1.71. The van der Waals surface area contributed by atoms with Crippen LogP contribution in [0.2, 0.25) is 0 Å². The molecular weight excluding hydrogens is 346 g/mol. The molecule has 3 amide bonds. The number of primary amides is 1. The third kappa shape index (κ3) is 6.58. The van der Waals surface area contributed by atoms with Crippen molar-refractivity contribution in [3.63, 3.8) is 0 Å². The van der Waals surface area contributed by atoms with Crippen LogP contribution in [0, 0.1) is 5.92 Å². The number of carbonyl (C=O) groups is 3. The number of benzene rings is 1. The molecule has 0 spiro atoms. The summed E-state index contributed by atoms with van der Waals surface area (Å²) >= 11 is 0. The monoisotopic (exact) mass is 375 g/mol. The van der Waals surface area contributed by atoms with Gasteiger partial charge in [-0.05, 0) is 45.1 Å². The van der Waals surface area contributed by atoms with Crippen LogP contribution < -0.4 is 11.1 Å². The van der Waals surface area contributed by atoms with Crippen molar-refractivity contribution in [1.82, 2.24) is 10.2 Å². The fourth-order valence-corrected chi connectivity index (χ4v) is 3.12. The molecule has 0 aliphatic carbocycles.